The molecule has 1 saturated carbocycles. The Labute approximate surface area is 167 Å². The van der Waals surface area contributed by atoms with Gasteiger partial charge in [0.15, 0.2) is 0 Å². The molecule has 3 rings (SSSR count). The van der Waals surface area contributed by atoms with Gasteiger partial charge in [0, 0.05) is 11.5 Å². The number of rotatable bonds is 7. The van der Waals surface area contributed by atoms with Crippen LogP contribution < -0.4 is 5.32 Å². The molecule has 3 atom stereocenters. The van der Waals surface area contributed by atoms with Crippen LogP contribution >= 0.6 is 0 Å². The third kappa shape index (κ3) is 3.81. The van der Waals surface area contributed by atoms with Gasteiger partial charge in [-0.2, -0.15) is 0 Å². The molecule has 0 saturated heterocycles. The third-order valence-corrected chi connectivity index (χ3v) is 7.79. The van der Waals surface area contributed by atoms with Gasteiger partial charge in [0.05, 0.1) is 0 Å². The summed E-state index contributed by atoms with van der Waals surface area (Å²) in [7, 11) is 0. The quantitative estimate of drug-likeness (QED) is 0.549. The maximum absolute atomic E-state index is 4.02. The minimum absolute atomic E-state index is 0.208. The molecule has 1 nitrogen and oxygen atoms in total. The molecule has 1 fully saturated rings. The summed E-state index contributed by atoms with van der Waals surface area (Å²) in [6.07, 6.45) is 8.37. The van der Waals surface area contributed by atoms with E-state index in [0.717, 1.165) is 12.3 Å². The second-order valence-electron chi connectivity index (χ2n) is 9.35. The van der Waals surface area contributed by atoms with E-state index < -0.39 is 0 Å². The summed E-state index contributed by atoms with van der Waals surface area (Å²) in [5.74, 6) is 1.56. The van der Waals surface area contributed by atoms with Crippen molar-refractivity contribution in [2.24, 2.45) is 11.8 Å². The summed E-state index contributed by atoms with van der Waals surface area (Å²) in [5, 5.41) is 3.98. The molecule has 0 heterocycles. The first-order chi connectivity index (χ1) is 12.8. The molecule has 1 aromatic carbocycles. The third-order valence-electron chi connectivity index (χ3n) is 7.79. The first kappa shape index (κ1) is 20.4. The van der Waals surface area contributed by atoms with Crippen LogP contribution in [0.15, 0.2) is 35.9 Å². The predicted molar refractivity (Wildman–Crippen MR) is 118 cm³/mol. The average Bonchev–Trinajstić information content (AvgIpc) is 3.49. The van der Waals surface area contributed by atoms with Gasteiger partial charge in [-0.15, -0.1) is 0 Å². The summed E-state index contributed by atoms with van der Waals surface area (Å²) in [6.45, 7) is 19.3. The first-order valence-electron chi connectivity index (χ1n) is 11.0. The van der Waals surface area contributed by atoms with E-state index in [1.807, 2.05) is 6.08 Å². The van der Waals surface area contributed by atoms with Crippen LogP contribution in [0.2, 0.25) is 0 Å². The normalized spacial score (nSPS) is 28.5. The van der Waals surface area contributed by atoms with Crippen LogP contribution in [-0.4, -0.2) is 12.6 Å². The highest BCUT2D eigenvalue weighted by atomic mass is 14.9. The highest BCUT2D eigenvalue weighted by Gasteiger charge is 2.46. The van der Waals surface area contributed by atoms with E-state index in [1.54, 1.807) is 11.1 Å². The van der Waals surface area contributed by atoms with E-state index in [-0.39, 0.29) is 5.41 Å². The van der Waals surface area contributed by atoms with Crippen LogP contribution in [0.1, 0.15) is 75.6 Å². The van der Waals surface area contributed by atoms with Crippen LogP contribution in [0.3, 0.4) is 0 Å². The number of hydrogen-bond acceptors (Lipinski definition) is 1. The largest absolute Gasteiger partial charge is 0.313 e. The lowest BCUT2D eigenvalue weighted by Crippen LogP contribution is -2.52. The molecular formula is C26H39N. The monoisotopic (exact) mass is 365 g/mol. The van der Waals surface area contributed by atoms with Crippen molar-refractivity contribution in [1.82, 2.24) is 5.32 Å². The second kappa shape index (κ2) is 7.95. The number of nitrogens with one attached hydrogen (secondary N) is 1. The van der Waals surface area contributed by atoms with Crippen LogP contribution in [0, 0.1) is 25.7 Å². The molecule has 0 radical (unpaired) electrons. The van der Waals surface area contributed by atoms with Crippen molar-refractivity contribution in [3.8, 4) is 0 Å². The molecule has 2 aliphatic carbocycles. The highest BCUT2D eigenvalue weighted by molar-refractivity contribution is 5.49. The molecule has 2 aliphatic rings. The smallest absolute Gasteiger partial charge is 0.0142 e. The topological polar surface area (TPSA) is 12.0 Å². The number of hydrogen-bond donors (Lipinski definition) is 1. The minimum atomic E-state index is 0.208. The van der Waals surface area contributed by atoms with Crippen LogP contribution in [0.5, 0.6) is 0 Å². The molecule has 3 unspecified atom stereocenters. The van der Waals surface area contributed by atoms with Crippen molar-refractivity contribution in [3.05, 3.63) is 58.2 Å². The van der Waals surface area contributed by atoms with E-state index in [4.69, 9.17) is 0 Å². The fraction of sp³-hybridized carbons (Fsp3) is 0.615. The fourth-order valence-electron chi connectivity index (χ4n) is 5.31. The fourth-order valence-corrected chi connectivity index (χ4v) is 5.31. The van der Waals surface area contributed by atoms with Gasteiger partial charge in [-0.3, -0.25) is 0 Å². The summed E-state index contributed by atoms with van der Waals surface area (Å²) < 4.78 is 0. The Hall–Kier alpha value is -1.34. The Morgan fingerprint density at radius 3 is 2.56 bits per heavy atom. The van der Waals surface area contributed by atoms with Gasteiger partial charge in [-0.05, 0) is 100 Å². The average molecular weight is 366 g/mol. The summed E-state index contributed by atoms with van der Waals surface area (Å²) >= 11 is 0. The van der Waals surface area contributed by atoms with E-state index in [1.165, 1.54) is 54.5 Å². The Kier molecular flexibility index (Phi) is 6.01. The summed E-state index contributed by atoms with van der Waals surface area (Å²) in [6, 6.07) is 5.33. The van der Waals surface area contributed by atoms with Gasteiger partial charge in [-0.1, -0.05) is 49.8 Å². The number of benzene rings is 1. The van der Waals surface area contributed by atoms with Crippen molar-refractivity contribution in [3.63, 3.8) is 0 Å². The highest BCUT2D eigenvalue weighted by Crippen LogP contribution is 2.50. The number of allylic oxidation sites excluding steroid dienone is 3. The molecule has 0 amide bonds. The predicted octanol–water partition coefficient (Wildman–Crippen LogP) is 6.42. The molecule has 27 heavy (non-hydrogen) atoms. The molecule has 0 spiro atoms. The molecule has 148 valence electrons. The van der Waals surface area contributed by atoms with E-state index in [2.05, 4.69) is 65.6 Å². The molecular weight excluding hydrogens is 326 g/mol. The van der Waals surface area contributed by atoms with Crippen molar-refractivity contribution >= 4 is 0 Å². The van der Waals surface area contributed by atoms with Crippen molar-refractivity contribution < 1.29 is 0 Å². The molecule has 0 aliphatic heterocycles. The molecule has 0 bridgehead atoms. The summed E-state index contributed by atoms with van der Waals surface area (Å²) in [5.41, 5.74) is 9.23. The standard InChI is InChI=1S/C26H39N/c1-8-17(3)19(5)15-26(9-2)21(7)24(27-16-22-11-12-22)14-23-13-10-18(4)20(6)25(23)26/h8,10,13,21-22,24,27H,1,9,11-12,14-16H2,2-7H3/b19-17+. The van der Waals surface area contributed by atoms with Crippen molar-refractivity contribution in [2.75, 3.05) is 6.54 Å². The van der Waals surface area contributed by atoms with Gasteiger partial charge in [0.25, 0.3) is 0 Å². The van der Waals surface area contributed by atoms with E-state index in [9.17, 15) is 0 Å². The van der Waals surface area contributed by atoms with Crippen molar-refractivity contribution in [2.45, 2.75) is 85.1 Å². The lowest BCUT2D eigenvalue weighted by molar-refractivity contribution is 0.186. The SMILES string of the molecule is C=C/C(C)=C(\C)CC1(CC)c2c(ccc(C)c2C)CC(NCC2CC2)C1C. The molecule has 1 aromatic rings. The Morgan fingerprint density at radius 2 is 1.96 bits per heavy atom. The van der Waals surface area contributed by atoms with Gasteiger partial charge in [-0.25, -0.2) is 0 Å². The lowest BCUT2D eigenvalue weighted by Gasteiger charge is -2.50. The van der Waals surface area contributed by atoms with Gasteiger partial charge in [0.1, 0.15) is 0 Å². The molecule has 0 aromatic heterocycles. The zero-order valence-corrected chi connectivity index (χ0v) is 18.4. The Balaban J connectivity index is 2.08. The van der Waals surface area contributed by atoms with Crippen LogP contribution in [0.25, 0.3) is 0 Å². The molecule has 1 N–H and O–H groups in total. The Bertz CT molecular complexity index is 737. The maximum Gasteiger partial charge on any atom is 0.0142 e. The number of fused-ring (bicyclic) bond motifs is 1. The van der Waals surface area contributed by atoms with Crippen LogP contribution in [0.4, 0.5) is 0 Å². The number of aryl methyl sites for hydroxylation is 1. The maximum atomic E-state index is 4.02. The van der Waals surface area contributed by atoms with Gasteiger partial charge >= 0.3 is 0 Å². The minimum Gasteiger partial charge on any atom is -0.313 e. The molecule has 1 heteroatoms. The Morgan fingerprint density at radius 1 is 1.26 bits per heavy atom. The van der Waals surface area contributed by atoms with Gasteiger partial charge in [0.2, 0.25) is 0 Å². The van der Waals surface area contributed by atoms with Gasteiger partial charge < -0.3 is 5.32 Å². The van der Waals surface area contributed by atoms with E-state index in [0.29, 0.717) is 12.0 Å². The van der Waals surface area contributed by atoms with E-state index >= 15 is 0 Å². The lowest BCUT2D eigenvalue weighted by atomic mass is 9.57. The first-order valence-corrected chi connectivity index (χ1v) is 11.0. The van der Waals surface area contributed by atoms with Crippen LogP contribution in [-0.2, 0) is 11.8 Å². The van der Waals surface area contributed by atoms with Crippen molar-refractivity contribution in [1.29, 1.82) is 0 Å². The zero-order valence-electron chi connectivity index (χ0n) is 18.4. The zero-order chi connectivity index (χ0) is 19.8. The second-order valence-corrected chi connectivity index (χ2v) is 9.35. The summed E-state index contributed by atoms with van der Waals surface area (Å²) in [4.78, 5) is 0.